The standard InChI is InChI=1S/C28H29N7O7S/c1-28(2)20(26(41)42)35-24(40)18(25(35)43-28)32-23(39)17(13-5-7-14(36)8-6-13)31-22(38)16-12-29-21-15(19(16)37)11-30-27(33-21)34-9-3-4-10-34/h5-8,11-12,17-18,20,25,36H,3-4,9-10H2,1-2H3,(H,31,38)(H,32,39)(H,41,42)(H,29,30,33,37)/t17?,18-,20+,25-/m1/s1. The third-order valence-electron chi connectivity index (χ3n) is 7.99. The number of phenols is 1. The highest BCUT2D eigenvalue weighted by Gasteiger charge is 2.64. The van der Waals surface area contributed by atoms with Crippen molar-refractivity contribution in [1.82, 2.24) is 30.5 Å². The summed E-state index contributed by atoms with van der Waals surface area (Å²) in [6, 6.07) is 2.12. The molecule has 0 radical (unpaired) electrons. The molecule has 0 aliphatic carbocycles. The van der Waals surface area contributed by atoms with Crippen LogP contribution in [0.3, 0.4) is 0 Å². The number of carboxylic acids is 1. The van der Waals surface area contributed by atoms with Crippen LogP contribution in [-0.4, -0.2) is 89.0 Å². The molecule has 4 atom stereocenters. The number of hydrogen-bond donors (Lipinski definition) is 5. The Morgan fingerprint density at radius 3 is 2.51 bits per heavy atom. The first-order chi connectivity index (χ1) is 20.5. The number of hydrogen-bond acceptors (Lipinski definition) is 10. The number of carbonyl (C=O) groups excluding carboxylic acids is 3. The number of rotatable bonds is 7. The lowest BCUT2D eigenvalue weighted by Crippen LogP contribution is -2.71. The van der Waals surface area contributed by atoms with E-state index in [2.05, 4.69) is 25.6 Å². The predicted molar refractivity (Wildman–Crippen MR) is 156 cm³/mol. The molecule has 1 unspecified atom stereocenters. The van der Waals surface area contributed by atoms with E-state index in [-0.39, 0.29) is 27.9 Å². The number of aromatic hydroxyl groups is 1. The number of pyridine rings is 1. The number of aromatic nitrogens is 3. The number of aromatic amines is 1. The molecule has 0 bridgehead atoms. The highest BCUT2D eigenvalue weighted by Crippen LogP contribution is 2.50. The topological polar surface area (TPSA) is 198 Å². The van der Waals surface area contributed by atoms with Gasteiger partial charge in [0.2, 0.25) is 23.2 Å². The molecule has 224 valence electrons. The average Bonchev–Trinajstić information content (AvgIpc) is 3.60. The van der Waals surface area contributed by atoms with Crippen LogP contribution in [0.5, 0.6) is 5.75 Å². The quantitative estimate of drug-likeness (QED) is 0.237. The number of fused-ring (bicyclic) bond motifs is 2. The van der Waals surface area contributed by atoms with E-state index in [1.165, 1.54) is 53.3 Å². The van der Waals surface area contributed by atoms with E-state index in [1.807, 2.05) is 4.90 Å². The van der Waals surface area contributed by atoms with E-state index in [0.717, 1.165) is 25.9 Å². The number of phenolic OH excluding ortho intramolecular Hbond substituents is 1. The Morgan fingerprint density at radius 1 is 1.14 bits per heavy atom. The lowest BCUT2D eigenvalue weighted by Gasteiger charge is -2.44. The number of H-pyrrole nitrogens is 1. The fourth-order valence-corrected chi connectivity index (χ4v) is 7.42. The Labute approximate surface area is 248 Å². The number of amides is 3. The van der Waals surface area contributed by atoms with E-state index < -0.39 is 57.4 Å². The van der Waals surface area contributed by atoms with Crippen molar-refractivity contribution in [3.8, 4) is 5.75 Å². The normalized spacial score (nSPS) is 23.0. The van der Waals surface area contributed by atoms with Crippen molar-refractivity contribution in [3.05, 3.63) is 58.0 Å². The summed E-state index contributed by atoms with van der Waals surface area (Å²) in [5, 5.41) is 24.2. The van der Waals surface area contributed by atoms with Crippen molar-refractivity contribution in [2.24, 2.45) is 0 Å². The van der Waals surface area contributed by atoms with Crippen molar-refractivity contribution >= 4 is 52.4 Å². The first-order valence-corrected chi connectivity index (χ1v) is 14.6. The molecular weight excluding hydrogens is 578 g/mol. The summed E-state index contributed by atoms with van der Waals surface area (Å²) < 4.78 is -0.785. The molecule has 3 saturated heterocycles. The van der Waals surface area contributed by atoms with Gasteiger partial charge in [0.15, 0.2) is 0 Å². The van der Waals surface area contributed by atoms with Gasteiger partial charge in [-0.1, -0.05) is 12.1 Å². The molecule has 14 nitrogen and oxygen atoms in total. The fraction of sp³-hybridized carbons (Fsp3) is 0.393. The first-order valence-electron chi connectivity index (χ1n) is 13.7. The molecule has 0 saturated carbocycles. The zero-order chi connectivity index (χ0) is 30.6. The van der Waals surface area contributed by atoms with Crippen LogP contribution in [0, 0.1) is 0 Å². The minimum absolute atomic E-state index is 0.0670. The number of aliphatic carboxylic acids is 1. The molecule has 3 aliphatic heterocycles. The molecule has 1 aromatic carbocycles. The van der Waals surface area contributed by atoms with Crippen LogP contribution in [-0.2, 0) is 14.4 Å². The monoisotopic (exact) mass is 607 g/mol. The Bertz CT molecular complexity index is 1700. The van der Waals surface area contributed by atoms with Crippen molar-refractivity contribution in [3.63, 3.8) is 0 Å². The zero-order valence-corrected chi connectivity index (χ0v) is 24.1. The number of thioether (sulfide) groups is 1. The van der Waals surface area contributed by atoms with Gasteiger partial charge in [0.1, 0.15) is 40.5 Å². The summed E-state index contributed by atoms with van der Waals surface area (Å²) in [6.45, 7) is 5.08. The predicted octanol–water partition coefficient (Wildman–Crippen LogP) is 0.727. The second-order valence-corrected chi connectivity index (χ2v) is 13.0. The lowest BCUT2D eigenvalue weighted by molar-refractivity contribution is -0.161. The Hall–Kier alpha value is -4.66. The van der Waals surface area contributed by atoms with Gasteiger partial charge in [-0.3, -0.25) is 19.2 Å². The smallest absolute Gasteiger partial charge is 0.327 e. The number of anilines is 1. The van der Waals surface area contributed by atoms with Crippen molar-refractivity contribution < 1.29 is 29.4 Å². The van der Waals surface area contributed by atoms with Gasteiger partial charge < -0.3 is 35.6 Å². The Kier molecular flexibility index (Phi) is 6.99. The van der Waals surface area contributed by atoms with Crippen molar-refractivity contribution in [2.75, 3.05) is 18.0 Å². The van der Waals surface area contributed by atoms with Gasteiger partial charge in [-0.2, -0.15) is 4.98 Å². The van der Waals surface area contributed by atoms with Gasteiger partial charge in [-0.15, -0.1) is 11.8 Å². The Morgan fingerprint density at radius 2 is 1.84 bits per heavy atom. The van der Waals surface area contributed by atoms with Crippen LogP contribution in [0.25, 0.3) is 11.0 Å². The molecule has 15 heteroatoms. The second-order valence-electron chi connectivity index (χ2n) is 11.2. The molecule has 3 amide bonds. The molecule has 2 aromatic heterocycles. The van der Waals surface area contributed by atoms with Gasteiger partial charge in [-0.05, 0) is 44.4 Å². The molecule has 43 heavy (non-hydrogen) atoms. The largest absolute Gasteiger partial charge is 0.508 e. The Balaban J connectivity index is 1.25. The molecule has 0 spiro atoms. The fourth-order valence-electron chi connectivity index (χ4n) is 5.80. The highest BCUT2D eigenvalue weighted by atomic mass is 32.2. The summed E-state index contributed by atoms with van der Waals surface area (Å²) in [4.78, 5) is 79.9. The molecule has 3 aromatic rings. The molecule has 3 fully saturated rings. The van der Waals surface area contributed by atoms with Crippen LogP contribution in [0.4, 0.5) is 5.95 Å². The minimum atomic E-state index is -1.35. The van der Waals surface area contributed by atoms with Gasteiger partial charge >= 0.3 is 5.97 Å². The molecule has 6 rings (SSSR count). The van der Waals surface area contributed by atoms with E-state index in [1.54, 1.807) is 13.8 Å². The summed E-state index contributed by atoms with van der Waals surface area (Å²) in [7, 11) is 0. The van der Waals surface area contributed by atoms with Gasteiger partial charge in [0.05, 0.1) is 5.39 Å². The highest BCUT2D eigenvalue weighted by molar-refractivity contribution is 8.01. The SMILES string of the molecule is CC1(C)S[C@@H]2[C@H](NC(=O)C(NC(=O)c3c[nH]c4nc(N5CCCC5)ncc4c3=O)c3ccc(O)cc3)C(=O)N2[C@H]1C(=O)O. The first kappa shape index (κ1) is 28.5. The van der Waals surface area contributed by atoms with Gasteiger partial charge in [0, 0.05) is 30.2 Å². The summed E-state index contributed by atoms with van der Waals surface area (Å²) in [6.07, 6.45) is 4.65. The average molecular weight is 608 g/mol. The van der Waals surface area contributed by atoms with Crippen LogP contribution in [0.15, 0.2) is 41.5 Å². The van der Waals surface area contributed by atoms with E-state index in [4.69, 9.17) is 0 Å². The molecule has 5 N–H and O–H groups in total. The van der Waals surface area contributed by atoms with Crippen LogP contribution in [0.1, 0.15) is 48.7 Å². The number of carbonyl (C=O) groups is 4. The lowest BCUT2D eigenvalue weighted by atomic mass is 9.95. The number of nitrogens with one attached hydrogen (secondary N) is 3. The third kappa shape index (κ3) is 4.92. The molecule has 5 heterocycles. The summed E-state index contributed by atoms with van der Waals surface area (Å²) in [5.41, 5.74) is -0.343. The van der Waals surface area contributed by atoms with Crippen LogP contribution < -0.4 is 21.0 Å². The van der Waals surface area contributed by atoms with E-state index in [9.17, 15) is 34.2 Å². The number of nitrogens with zero attached hydrogens (tertiary/aromatic N) is 4. The zero-order valence-electron chi connectivity index (χ0n) is 23.2. The van der Waals surface area contributed by atoms with Crippen molar-refractivity contribution in [1.29, 1.82) is 0 Å². The number of benzene rings is 1. The van der Waals surface area contributed by atoms with Gasteiger partial charge in [0.25, 0.3) is 5.91 Å². The number of β-lactam (4-membered cyclic amide) rings is 1. The maximum absolute atomic E-state index is 13.6. The maximum atomic E-state index is 13.6. The second kappa shape index (κ2) is 10.6. The third-order valence-corrected chi connectivity index (χ3v) is 9.56. The summed E-state index contributed by atoms with van der Waals surface area (Å²) in [5.74, 6) is -2.86. The molecule has 3 aliphatic rings. The van der Waals surface area contributed by atoms with Crippen LogP contribution >= 0.6 is 11.8 Å². The van der Waals surface area contributed by atoms with E-state index >= 15 is 0 Å². The van der Waals surface area contributed by atoms with Gasteiger partial charge in [-0.25, -0.2) is 9.78 Å². The number of carboxylic acid groups (broad SMARTS) is 1. The van der Waals surface area contributed by atoms with Crippen molar-refractivity contribution in [2.45, 2.75) is 54.9 Å². The minimum Gasteiger partial charge on any atom is -0.508 e. The molecular formula is C28H29N7O7S. The van der Waals surface area contributed by atoms with E-state index in [0.29, 0.717) is 5.95 Å². The van der Waals surface area contributed by atoms with Crippen LogP contribution in [0.2, 0.25) is 0 Å². The summed E-state index contributed by atoms with van der Waals surface area (Å²) >= 11 is 1.27. The maximum Gasteiger partial charge on any atom is 0.327 e.